The van der Waals surface area contributed by atoms with E-state index in [1.165, 1.54) is 0 Å². The van der Waals surface area contributed by atoms with Crippen LogP contribution in [0, 0.1) is 13.8 Å². The number of hydrogen-bond donors (Lipinski definition) is 2. The van der Waals surface area contributed by atoms with Crippen molar-refractivity contribution in [1.82, 2.24) is 14.8 Å². The smallest absolute Gasteiger partial charge is 0.255 e. The van der Waals surface area contributed by atoms with Gasteiger partial charge in [0.2, 0.25) is 0 Å². The third-order valence-corrected chi connectivity index (χ3v) is 5.32. The lowest BCUT2D eigenvalue weighted by Crippen LogP contribution is -2.13. The van der Waals surface area contributed by atoms with E-state index in [1.54, 1.807) is 17.1 Å². The van der Waals surface area contributed by atoms with Crippen molar-refractivity contribution >= 4 is 17.4 Å². The van der Waals surface area contributed by atoms with Crippen molar-refractivity contribution in [3.63, 3.8) is 0 Å². The lowest BCUT2D eigenvalue weighted by Gasteiger charge is -2.18. The topological polar surface area (TPSA) is 95.1 Å². The van der Waals surface area contributed by atoms with Crippen LogP contribution < -0.4 is 15.8 Å². The first-order valence-corrected chi connectivity index (χ1v) is 10.7. The summed E-state index contributed by atoms with van der Waals surface area (Å²) < 4.78 is 7.88. The highest BCUT2D eigenvalue weighted by atomic mass is 16.5. The van der Waals surface area contributed by atoms with E-state index >= 15 is 0 Å². The minimum Gasteiger partial charge on any atom is -0.482 e. The number of pyridine rings is 1. The highest BCUT2D eigenvalue weighted by molar-refractivity contribution is 6.04. The quantitative estimate of drug-likeness (QED) is 0.435. The molecule has 7 nitrogen and oxygen atoms in total. The van der Waals surface area contributed by atoms with Gasteiger partial charge in [0, 0.05) is 41.8 Å². The van der Waals surface area contributed by atoms with Gasteiger partial charge in [-0.15, -0.1) is 0 Å². The van der Waals surface area contributed by atoms with E-state index in [1.807, 2.05) is 82.5 Å². The Morgan fingerprint density at radius 3 is 2.52 bits per heavy atom. The summed E-state index contributed by atoms with van der Waals surface area (Å²) in [6, 6.07) is 15.3. The summed E-state index contributed by atoms with van der Waals surface area (Å²) in [7, 11) is 1.86. The van der Waals surface area contributed by atoms with Crippen LogP contribution in [0.3, 0.4) is 0 Å². The van der Waals surface area contributed by atoms with Gasteiger partial charge < -0.3 is 15.8 Å². The van der Waals surface area contributed by atoms with Gasteiger partial charge in [-0.2, -0.15) is 5.10 Å². The molecule has 1 atom stereocenters. The maximum Gasteiger partial charge on any atom is 0.255 e. The molecule has 0 aliphatic carbocycles. The zero-order valence-corrected chi connectivity index (χ0v) is 19.2. The van der Waals surface area contributed by atoms with Crippen molar-refractivity contribution < 1.29 is 9.53 Å². The number of anilines is 2. The summed E-state index contributed by atoms with van der Waals surface area (Å²) in [6.07, 6.45) is 5.06. The second-order valence-corrected chi connectivity index (χ2v) is 8.23. The Balaban J connectivity index is 1.51. The molecular formula is C26H27N5O2. The molecule has 0 aliphatic rings. The van der Waals surface area contributed by atoms with Gasteiger partial charge >= 0.3 is 0 Å². The summed E-state index contributed by atoms with van der Waals surface area (Å²) in [5.74, 6) is 0.660. The van der Waals surface area contributed by atoms with E-state index in [-0.39, 0.29) is 12.0 Å². The van der Waals surface area contributed by atoms with Gasteiger partial charge in [-0.3, -0.25) is 9.48 Å². The molecule has 2 aromatic heterocycles. The maximum atomic E-state index is 12.7. The molecule has 0 fully saturated rings. The molecule has 1 unspecified atom stereocenters. The standard InChI is InChI=1S/C26H27N5O2/c1-16-8-17(2)10-20(9-16)26(32)30-23-7-5-6-19(11-23)18(3)33-24-12-21(13-28-25(24)27)22-14-29-31(4)15-22/h5-15,18H,1-4H3,(H2,27,28)(H,30,32). The van der Waals surface area contributed by atoms with Crippen molar-refractivity contribution in [1.29, 1.82) is 0 Å². The molecule has 0 aliphatic heterocycles. The molecule has 7 heteroatoms. The fourth-order valence-electron chi connectivity index (χ4n) is 3.71. The zero-order valence-electron chi connectivity index (χ0n) is 19.2. The predicted octanol–water partition coefficient (Wildman–Crippen LogP) is 5.07. The van der Waals surface area contributed by atoms with Crippen LogP contribution in [0.15, 0.2) is 67.1 Å². The number of nitrogens with two attached hydrogens (primary N) is 1. The van der Waals surface area contributed by atoms with Crippen LogP contribution >= 0.6 is 0 Å². The summed E-state index contributed by atoms with van der Waals surface area (Å²) >= 11 is 0. The Morgan fingerprint density at radius 1 is 1.06 bits per heavy atom. The number of nitrogen functional groups attached to an aromatic ring is 1. The lowest BCUT2D eigenvalue weighted by atomic mass is 10.1. The van der Waals surface area contributed by atoms with Gasteiger partial charge in [0.05, 0.1) is 6.20 Å². The van der Waals surface area contributed by atoms with Crippen molar-refractivity contribution in [2.24, 2.45) is 7.05 Å². The van der Waals surface area contributed by atoms with E-state index in [2.05, 4.69) is 15.4 Å². The Labute approximate surface area is 193 Å². The molecule has 0 bridgehead atoms. The van der Waals surface area contributed by atoms with Gasteiger partial charge in [0.1, 0.15) is 6.10 Å². The van der Waals surface area contributed by atoms with Crippen LogP contribution in [0.25, 0.3) is 11.1 Å². The Bertz CT molecular complexity index is 1290. The van der Waals surface area contributed by atoms with E-state index in [4.69, 9.17) is 10.5 Å². The highest BCUT2D eigenvalue weighted by Gasteiger charge is 2.14. The number of hydrogen-bond acceptors (Lipinski definition) is 5. The molecule has 0 saturated carbocycles. The van der Waals surface area contributed by atoms with Crippen LogP contribution in [0.1, 0.15) is 40.1 Å². The minimum atomic E-state index is -0.309. The molecule has 0 saturated heterocycles. The van der Waals surface area contributed by atoms with E-state index < -0.39 is 0 Å². The van der Waals surface area contributed by atoms with E-state index in [9.17, 15) is 4.79 Å². The van der Waals surface area contributed by atoms with Crippen molar-refractivity contribution in [3.05, 3.63) is 89.4 Å². The highest BCUT2D eigenvalue weighted by Crippen LogP contribution is 2.31. The first kappa shape index (κ1) is 22.1. The molecule has 1 amide bonds. The Hall–Kier alpha value is -4.13. The van der Waals surface area contributed by atoms with E-state index in [0.29, 0.717) is 22.8 Å². The fraction of sp³-hybridized carbons (Fsp3) is 0.192. The van der Waals surface area contributed by atoms with Crippen LogP contribution in [0.2, 0.25) is 0 Å². The monoisotopic (exact) mass is 441 g/mol. The molecule has 168 valence electrons. The third-order valence-electron chi connectivity index (χ3n) is 5.32. The zero-order chi connectivity index (χ0) is 23.5. The predicted molar refractivity (Wildman–Crippen MR) is 130 cm³/mol. The summed E-state index contributed by atoms with van der Waals surface area (Å²) in [5.41, 5.74) is 12.2. The number of carbonyl (C=O) groups excluding carboxylic acids is 1. The second kappa shape index (κ2) is 9.16. The van der Waals surface area contributed by atoms with Gasteiger partial charge in [0.25, 0.3) is 5.91 Å². The fourth-order valence-corrected chi connectivity index (χ4v) is 3.71. The molecule has 4 rings (SSSR count). The third kappa shape index (κ3) is 5.20. The normalized spacial score (nSPS) is 11.8. The maximum absolute atomic E-state index is 12.7. The van der Waals surface area contributed by atoms with Gasteiger partial charge in [-0.25, -0.2) is 4.98 Å². The summed E-state index contributed by atoms with van der Waals surface area (Å²) in [6.45, 7) is 5.89. The number of rotatable bonds is 6. The van der Waals surface area contributed by atoms with Crippen LogP contribution in [-0.4, -0.2) is 20.7 Å². The minimum absolute atomic E-state index is 0.148. The number of amides is 1. The molecule has 0 radical (unpaired) electrons. The number of nitrogens with zero attached hydrogens (tertiary/aromatic N) is 3. The largest absolute Gasteiger partial charge is 0.482 e. The number of carbonyl (C=O) groups is 1. The summed E-state index contributed by atoms with van der Waals surface area (Å²) in [4.78, 5) is 17.0. The number of aromatic nitrogens is 3. The van der Waals surface area contributed by atoms with Gasteiger partial charge in [-0.05, 0) is 56.7 Å². The Morgan fingerprint density at radius 2 is 1.82 bits per heavy atom. The first-order valence-electron chi connectivity index (χ1n) is 10.7. The molecule has 0 spiro atoms. The SMILES string of the molecule is Cc1cc(C)cc(C(=O)Nc2cccc(C(C)Oc3cc(-c4cnn(C)c4)cnc3N)c2)c1. The number of ether oxygens (including phenoxy) is 1. The molecule has 2 aromatic carbocycles. The average Bonchev–Trinajstić information content (AvgIpc) is 3.21. The Kier molecular flexibility index (Phi) is 6.13. The molecular weight excluding hydrogens is 414 g/mol. The number of nitrogens with one attached hydrogen (secondary N) is 1. The number of benzene rings is 2. The van der Waals surface area contributed by atoms with Crippen LogP contribution in [0.4, 0.5) is 11.5 Å². The van der Waals surface area contributed by atoms with Crippen LogP contribution in [0.5, 0.6) is 5.75 Å². The first-order chi connectivity index (χ1) is 15.8. The average molecular weight is 442 g/mol. The van der Waals surface area contributed by atoms with Gasteiger partial charge in [0.15, 0.2) is 11.6 Å². The molecule has 33 heavy (non-hydrogen) atoms. The second-order valence-electron chi connectivity index (χ2n) is 8.23. The van der Waals surface area contributed by atoms with Crippen molar-refractivity contribution in [2.45, 2.75) is 26.9 Å². The molecule has 2 heterocycles. The van der Waals surface area contributed by atoms with Crippen molar-refractivity contribution in [3.8, 4) is 16.9 Å². The van der Waals surface area contributed by atoms with E-state index in [0.717, 1.165) is 27.8 Å². The lowest BCUT2D eigenvalue weighted by molar-refractivity contribution is 0.102. The summed E-state index contributed by atoms with van der Waals surface area (Å²) in [5, 5.41) is 7.18. The van der Waals surface area contributed by atoms with Crippen LogP contribution in [-0.2, 0) is 7.05 Å². The number of aryl methyl sites for hydroxylation is 3. The van der Waals surface area contributed by atoms with Crippen molar-refractivity contribution in [2.75, 3.05) is 11.1 Å². The van der Waals surface area contributed by atoms with Gasteiger partial charge in [-0.1, -0.05) is 29.3 Å². The molecule has 4 aromatic rings. The molecule has 3 N–H and O–H groups in total.